The minimum absolute atomic E-state index is 0.107. The molecule has 1 atom stereocenters. The maximum Gasteiger partial charge on any atom is 0.0625 e. The van der Waals surface area contributed by atoms with Crippen LogP contribution in [-0.2, 0) is 12.0 Å². The Hall–Kier alpha value is -1.76. The van der Waals surface area contributed by atoms with Gasteiger partial charge in [0.1, 0.15) is 0 Å². The van der Waals surface area contributed by atoms with Crippen molar-refractivity contribution in [3.63, 3.8) is 0 Å². The smallest absolute Gasteiger partial charge is 0.0625 e. The SMILES string of the molecule is CCC1(Nc2ccccc2)CCCc2ccccc21. The highest BCUT2D eigenvalue weighted by Gasteiger charge is 2.34. The number of nitrogens with one attached hydrogen (secondary N) is 1. The van der Waals surface area contributed by atoms with Gasteiger partial charge in [0, 0.05) is 5.69 Å². The Labute approximate surface area is 115 Å². The van der Waals surface area contributed by atoms with Gasteiger partial charge in [-0.2, -0.15) is 0 Å². The van der Waals surface area contributed by atoms with Crippen LogP contribution < -0.4 is 5.32 Å². The number of hydrogen-bond donors (Lipinski definition) is 1. The van der Waals surface area contributed by atoms with Crippen LogP contribution in [0, 0.1) is 0 Å². The monoisotopic (exact) mass is 251 g/mol. The normalized spacial score (nSPS) is 21.7. The Morgan fingerprint density at radius 3 is 2.53 bits per heavy atom. The average molecular weight is 251 g/mol. The van der Waals surface area contributed by atoms with Crippen LogP contribution in [0.4, 0.5) is 5.69 Å². The van der Waals surface area contributed by atoms with E-state index in [0.29, 0.717) is 0 Å². The van der Waals surface area contributed by atoms with Gasteiger partial charge >= 0.3 is 0 Å². The molecule has 0 aliphatic heterocycles. The van der Waals surface area contributed by atoms with Crippen LogP contribution in [-0.4, -0.2) is 0 Å². The number of fused-ring (bicyclic) bond motifs is 1. The van der Waals surface area contributed by atoms with Crippen molar-refractivity contribution in [1.29, 1.82) is 0 Å². The first-order chi connectivity index (χ1) is 9.34. The van der Waals surface area contributed by atoms with E-state index in [9.17, 15) is 0 Å². The third-order valence-electron chi connectivity index (χ3n) is 4.34. The number of aryl methyl sites for hydroxylation is 1. The summed E-state index contributed by atoms with van der Waals surface area (Å²) in [6.45, 7) is 2.29. The molecule has 0 heterocycles. The number of para-hydroxylation sites is 1. The van der Waals surface area contributed by atoms with Crippen molar-refractivity contribution >= 4 is 5.69 Å². The molecule has 2 aromatic rings. The van der Waals surface area contributed by atoms with E-state index >= 15 is 0 Å². The van der Waals surface area contributed by atoms with Gasteiger partial charge in [0.25, 0.3) is 0 Å². The van der Waals surface area contributed by atoms with Crippen molar-refractivity contribution in [3.05, 3.63) is 65.7 Å². The first-order valence-corrected chi connectivity index (χ1v) is 7.26. The summed E-state index contributed by atoms with van der Waals surface area (Å²) >= 11 is 0. The van der Waals surface area contributed by atoms with E-state index < -0.39 is 0 Å². The van der Waals surface area contributed by atoms with E-state index in [1.807, 2.05) is 0 Å². The lowest BCUT2D eigenvalue weighted by atomic mass is 9.74. The van der Waals surface area contributed by atoms with Gasteiger partial charge in [0.2, 0.25) is 0 Å². The van der Waals surface area contributed by atoms with Crippen LogP contribution in [0.5, 0.6) is 0 Å². The standard InChI is InChI=1S/C18H21N/c1-2-18(19-16-11-4-3-5-12-16)14-8-10-15-9-6-7-13-17(15)18/h3-7,9,11-13,19H,2,8,10,14H2,1H3. The lowest BCUT2D eigenvalue weighted by molar-refractivity contribution is 0.395. The molecule has 3 rings (SSSR count). The fourth-order valence-corrected chi connectivity index (χ4v) is 3.30. The van der Waals surface area contributed by atoms with Gasteiger partial charge in [0.15, 0.2) is 0 Å². The lowest BCUT2D eigenvalue weighted by Crippen LogP contribution is -2.38. The summed E-state index contributed by atoms with van der Waals surface area (Å²) in [6.07, 6.45) is 4.83. The summed E-state index contributed by atoms with van der Waals surface area (Å²) in [5, 5.41) is 3.80. The molecule has 0 radical (unpaired) electrons. The van der Waals surface area contributed by atoms with E-state index in [1.54, 1.807) is 0 Å². The minimum Gasteiger partial charge on any atom is -0.376 e. The molecule has 1 N–H and O–H groups in total. The predicted octanol–water partition coefficient (Wildman–Crippen LogP) is 4.74. The summed E-state index contributed by atoms with van der Waals surface area (Å²) in [5.74, 6) is 0. The van der Waals surface area contributed by atoms with Crippen molar-refractivity contribution in [2.45, 2.75) is 38.1 Å². The molecule has 0 saturated heterocycles. The van der Waals surface area contributed by atoms with E-state index in [1.165, 1.54) is 36.1 Å². The summed E-state index contributed by atoms with van der Waals surface area (Å²) in [5.41, 5.74) is 4.34. The zero-order valence-corrected chi connectivity index (χ0v) is 11.5. The molecule has 0 amide bonds. The van der Waals surface area contributed by atoms with Crippen LogP contribution in [0.1, 0.15) is 37.3 Å². The number of hydrogen-bond acceptors (Lipinski definition) is 1. The molecule has 1 aliphatic rings. The molecular weight excluding hydrogens is 230 g/mol. The molecule has 1 heteroatoms. The summed E-state index contributed by atoms with van der Waals surface area (Å²) in [6, 6.07) is 19.5. The van der Waals surface area contributed by atoms with Crippen molar-refractivity contribution in [2.24, 2.45) is 0 Å². The highest BCUT2D eigenvalue weighted by molar-refractivity contribution is 5.50. The van der Waals surface area contributed by atoms with E-state index in [-0.39, 0.29) is 5.54 Å². The van der Waals surface area contributed by atoms with Crippen molar-refractivity contribution in [3.8, 4) is 0 Å². The van der Waals surface area contributed by atoms with Gasteiger partial charge in [-0.15, -0.1) is 0 Å². The van der Waals surface area contributed by atoms with Gasteiger partial charge in [-0.25, -0.2) is 0 Å². The molecule has 1 nitrogen and oxygen atoms in total. The van der Waals surface area contributed by atoms with E-state index in [2.05, 4.69) is 66.8 Å². The Bertz CT molecular complexity index is 547. The van der Waals surface area contributed by atoms with Crippen LogP contribution >= 0.6 is 0 Å². The van der Waals surface area contributed by atoms with Crippen LogP contribution in [0.25, 0.3) is 0 Å². The summed E-state index contributed by atoms with van der Waals surface area (Å²) in [4.78, 5) is 0. The van der Waals surface area contributed by atoms with Crippen LogP contribution in [0.2, 0.25) is 0 Å². The molecule has 0 spiro atoms. The largest absolute Gasteiger partial charge is 0.376 e. The van der Waals surface area contributed by atoms with Crippen molar-refractivity contribution < 1.29 is 0 Å². The average Bonchev–Trinajstić information content (AvgIpc) is 2.49. The zero-order chi connectivity index (χ0) is 13.1. The molecular formula is C18H21N. The summed E-state index contributed by atoms with van der Waals surface area (Å²) < 4.78 is 0. The fraction of sp³-hybridized carbons (Fsp3) is 0.333. The topological polar surface area (TPSA) is 12.0 Å². The van der Waals surface area contributed by atoms with Gasteiger partial charge in [0.05, 0.1) is 5.54 Å². The molecule has 98 valence electrons. The van der Waals surface area contributed by atoms with Crippen molar-refractivity contribution in [2.75, 3.05) is 5.32 Å². The maximum absolute atomic E-state index is 3.80. The molecule has 0 aromatic heterocycles. The van der Waals surface area contributed by atoms with Crippen LogP contribution in [0.15, 0.2) is 54.6 Å². The molecule has 0 saturated carbocycles. The third kappa shape index (κ3) is 2.25. The molecule has 19 heavy (non-hydrogen) atoms. The Kier molecular flexibility index (Phi) is 3.29. The van der Waals surface area contributed by atoms with Gasteiger partial charge in [-0.3, -0.25) is 0 Å². The van der Waals surface area contributed by atoms with E-state index in [0.717, 1.165) is 6.42 Å². The first kappa shape index (κ1) is 12.3. The molecule has 0 bridgehead atoms. The second-order valence-electron chi connectivity index (χ2n) is 5.44. The van der Waals surface area contributed by atoms with Gasteiger partial charge < -0.3 is 5.32 Å². The highest BCUT2D eigenvalue weighted by Crippen LogP contribution is 2.40. The molecule has 1 aliphatic carbocycles. The first-order valence-electron chi connectivity index (χ1n) is 7.26. The second-order valence-corrected chi connectivity index (χ2v) is 5.44. The molecule has 2 aromatic carbocycles. The minimum atomic E-state index is 0.107. The number of rotatable bonds is 3. The van der Waals surface area contributed by atoms with Crippen molar-refractivity contribution in [1.82, 2.24) is 0 Å². The number of anilines is 1. The second kappa shape index (κ2) is 5.08. The Morgan fingerprint density at radius 1 is 1.00 bits per heavy atom. The number of benzene rings is 2. The fourth-order valence-electron chi connectivity index (χ4n) is 3.30. The quantitative estimate of drug-likeness (QED) is 0.830. The molecule has 0 fully saturated rings. The van der Waals surface area contributed by atoms with Crippen LogP contribution in [0.3, 0.4) is 0 Å². The highest BCUT2D eigenvalue weighted by atomic mass is 15.0. The predicted molar refractivity (Wildman–Crippen MR) is 81.4 cm³/mol. The lowest BCUT2D eigenvalue weighted by Gasteiger charge is -2.40. The van der Waals surface area contributed by atoms with E-state index in [4.69, 9.17) is 0 Å². The Balaban J connectivity index is 2.00. The van der Waals surface area contributed by atoms with Gasteiger partial charge in [-0.1, -0.05) is 49.4 Å². The summed E-state index contributed by atoms with van der Waals surface area (Å²) in [7, 11) is 0. The Morgan fingerprint density at radius 2 is 1.74 bits per heavy atom. The zero-order valence-electron chi connectivity index (χ0n) is 11.5. The maximum atomic E-state index is 3.80. The molecule has 1 unspecified atom stereocenters. The van der Waals surface area contributed by atoms with Gasteiger partial charge in [-0.05, 0) is 48.9 Å². The third-order valence-corrected chi connectivity index (χ3v) is 4.34.